The van der Waals surface area contributed by atoms with E-state index >= 15 is 0 Å². The van der Waals surface area contributed by atoms with E-state index in [2.05, 4.69) is 0 Å². The molecule has 1 unspecified atom stereocenters. The first kappa shape index (κ1) is 9.49. The Labute approximate surface area is 83.3 Å². The molecule has 1 fully saturated rings. The Morgan fingerprint density at radius 1 is 1.43 bits per heavy atom. The lowest BCUT2D eigenvalue weighted by molar-refractivity contribution is 0.237. The SMILES string of the molecule is COc1ccc(C2(C)O[C@@H]2CO)cc1. The molecule has 0 spiro atoms. The Balaban J connectivity index is 2.18. The van der Waals surface area contributed by atoms with Gasteiger partial charge in [0.25, 0.3) is 0 Å². The van der Waals surface area contributed by atoms with E-state index in [4.69, 9.17) is 14.6 Å². The van der Waals surface area contributed by atoms with Crippen molar-refractivity contribution < 1.29 is 14.6 Å². The first-order chi connectivity index (χ1) is 6.70. The second-order valence-corrected chi connectivity index (χ2v) is 3.62. The monoisotopic (exact) mass is 194 g/mol. The lowest BCUT2D eigenvalue weighted by Gasteiger charge is -2.07. The fraction of sp³-hybridized carbons (Fsp3) is 0.455. The van der Waals surface area contributed by atoms with Crippen LogP contribution in [-0.4, -0.2) is 24.9 Å². The third kappa shape index (κ3) is 1.38. The molecule has 1 aromatic carbocycles. The summed E-state index contributed by atoms with van der Waals surface area (Å²) in [5.74, 6) is 0.832. The molecule has 0 amide bonds. The number of epoxide rings is 1. The molecular weight excluding hydrogens is 180 g/mol. The predicted octanol–water partition coefficient (Wildman–Crippen LogP) is 1.30. The van der Waals surface area contributed by atoms with Crippen molar-refractivity contribution in [2.45, 2.75) is 18.6 Å². The smallest absolute Gasteiger partial charge is 0.119 e. The first-order valence-electron chi connectivity index (χ1n) is 4.64. The molecular formula is C11H14O3. The molecule has 1 N–H and O–H groups in total. The van der Waals surface area contributed by atoms with Crippen LogP contribution >= 0.6 is 0 Å². The van der Waals surface area contributed by atoms with Crippen LogP contribution in [0.1, 0.15) is 12.5 Å². The van der Waals surface area contributed by atoms with E-state index in [1.165, 1.54) is 0 Å². The molecule has 1 saturated heterocycles. The van der Waals surface area contributed by atoms with Crippen LogP contribution in [0.25, 0.3) is 0 Å². The molecule has 1 aliphatic rings. The Bertz CT molecular complexity index is 320. The molecule has 3 heteroatoms. The highest BCUT2D eigenvalue weighted by Gasteiger charge is 2.53. The highest BCUT2D eigenvalue weighted by Crippen LogP contribution is 2.45. The van der Waals surface area contributed by atoms with Crippen LogP contribution in [0.3, 0.4) is 0 Å². The van der Waals surface area contributed by atoms with Crippen LogP contribution < -0.4 is 4.74 Å². The van der Waals surface area contributed by atoms with E-state index in [0.29, 0.717) is 0 Å². The summed E-state index contributed by atoms with van der Waals surface area (Å²) in [6.45, 7) is 2.05. The highest BCUT2D eigenvalue weighted by atomic mass is 16.6. The summed E-state index contributed by atoms with van der Waals surface area (Å²) in [6, 6.07) is 7.73. The zero-order valence-electron chi connectivity index (χ0n) is 8.36. The number of aliphatic hydroxyl groups excluding tert-OH is 1. The van der Waals surface area contributed by atoms with Crippen molar-refractivity contribution in [3.8, 4) is 5.75 Å². The van der Waals surface area contributed by atoms with Crippen molar-refractivity contribution in [3.63, 3.8) is 0 Å². The minimum Gasteiger partial charge on any atom is -0.497 e. The predicted molar refractivity (Wildman–Crippen MR) is 52.3 cm³/mol. The maximum absolute atomic E-state index is 8.95. The van der Waals surface area contributed by atoms with Gasteiger partial charge in [0.2, 0.25) is 0 Å². The maximum atomic E-state index is 8.95. The van der Waals surface area contributed by atoms with E-state index in [0.717, 1.165) is 11.3 Å². The molecule has 0 radical (unpaired) electrons. The lowest BCUT2D eigenvalue weighted by atomic mass is 9.98. The first-order valence-corrected chi connectivity index (χ1v) is 4.64. The molecule has 3 nitrogen and oxygen atoms in total. The molecule has 2 atom stereocenters. The number of rotatable bonds is 3. The van der Waals surface area contributed by atoms with Gasteiger partial charge < -0.3 is 14.6 Å². The van der Waals surface area contributed by atoms with Gasteiger partial charge in [0.05, 0.1) is 13.7 Å². The zero-order chi connectivity index (χ0) is 10.2. The summed E-state index contributed by atoms with van der Waals surface area (Å²) in [5.41, 5.74) is 0.776. The average Bonchev–Trinajstić information content (AvgIpc) is 2.91. The van der Waals surface area contributed by atoms with Crippen molar-refractivity contribution in [3.05, 3.63) is 29.8 Å². The largest absolute Gasteiger partial charge is 0.497 e. The molecule has 0 saturated carbocycles. The fourth-order valence-corrected chi connectivity index (χ4v) is 1.65. The zero-order valence-corrected chi connectivity index (χ0v) is 8.36. The van der Waals surface area contributed by atoms with Gasteiger partial charge in [-0.15, -0.1) is 0 Å². The molecule has 0 aliphatic carbocycles. The van der Waals surface area contributed by atoms with E-state index in [9.17, 15) is 0 Å². The molecule has 0 bridgehead atoms. The Morgan fingerprint density at radius 3 is 2.50 bits per heavy atom. The van der Waals surface area contributed by atoms with Crippen molar-refractivity contribution in [2.75, 3.05) is 13.7 Å². The van der Waals surface area contributed by atoms with E-state index in [1.807, 2.05) is 31.2 Å². The summed E-state index contributed by atoms with van der Waals surface area (Å²) in [7, 11) is 1.64. The summed E-state index contributed by atoms with van der Waals surface area (Å²) in [6.07, 6.45) is -0.0594. The van der Waals surface area contributed by atoms with Gasteiger partial charge >= 0.3 is 0 Å². The van der Waals surface area contributed by atoms with E-state index in [1.54, 1.807) is 7.11 Å². The second-order valence-electron chi connectivity index (χ2n) is 3.62. The number of hydrogen-bond donors (Lipinski definition) is 1. The number of ether oxygens (including phenoxy) is 2. The second kappa shape index (κ2) is 3.26. The molecule has 1 heterocycles. The van der Waals surface area contributed by atoms with Crippen molar-refractivity contribution in [1.82, 2.24) is 0 Å². The summed E-state index contributed by atoms with van der Waals surface area (Å²) < 4.78 is 10.5. The summed E-state index contributed by atoms with van der Waals surface area (Å²) >= 11 is 0. The maximum Gasteiger partial charge on any atom is 0.119 e. The van der Waals surface area contributed by atoms with Gasteiger partial charge in [-0.2, -0.15) is 0 Å². The topological polar surface area (TPSA) is 42.0 Å². The number of hydrogen-bond acceptors (Lipinski definition) is 3. The Hall–Kier alpha value is -1.06. The minimum atomic E-state index is -0.305. The third-order valence-electron chi connectivity index (χ3n) is 2.77. The van der Waals surface area contributed by atoms with Crippen LogP contribution in [0.2, 0.25) is 0 Å². The average molecular weight is 194 g/mol. The Kier molecular flexibility index (Phi) is 2.21. The van der Waals surface area contributed by atoms with Crippen LogP contribution in [0.5, 0.6) is 5.75 Å². The number of methoxy groups -OCH3 is 1. The van der Waals surface area contributed by atoms with Gasteiger partial charge in [-0.1, -0.05) is 12.1 Å². The van der Waals surface area contributed by atoms with Gasteiger partial charge in [-0.05, 0) is 24.6 Å². The molecule has 1 aromatic rings. The van der Waals surface area contributed by atoms with Crippen molar-refractivity contribution in [2.24, 2.45) is 0 Å². The Morgan fingerprint density at radius 2 is 2.07 bits per heavy atom. The van der Waals surface area contributed by atoms with Gasteiger partial charge in [0.15, 0.2) is 0 Å². The minimum absolute atomic E-state index is 0.0594. The van der Waals surface area contributed by atoms with Crippen LogP contribution in [0, 0.1) is 0 Å². The molecule has 14 heavy (non-hydrogen) atoms. The molecule has 2 rings (SSSR count). The number of aliphatic hydroxyl groups is 1. The molecule has 0 aromatic heterocycles. The van der Waals surface area contributed by atoms with E-state index < -0.39 is 0 Å². The van der Waals surface area contributed by atoms with Crippen molar-refractivity contribution >= 4 is 0 Å². The van der Waals surface area contributed by atoms with Gasteiger partial charge in [0, 0.05) is 0 Å². The lowest BCUT2D eigenvalue weighted by Crippen LogP contribution is -2.10. The van der Waals surface area contributed by atoms with Gasteiger partial charge in [-0.25, -0.2) is 0 Å². The molecule has 76 valence electrons. The van der Waals surface area contributed by atoms with Gasteiger partial charge in [-0.3, -0.25) is 0 Å². The van der Waals surface area contributed by atoms with Crippen molar-refractivity contribution in [1.29, 1.82) is 0 Å². The van der Waals surface area contributed by atoms with Crippen LogP contribution in [-0.2, 0) is 10.3 Å². The molecule has 1 aliphatic heterocycles. The van der Waals surface area contributed by atoms with E-state index in [-0.39, 0.29) is 18.3 Å². The highest BCUT2D eigenvalue weighted by molar-refractivity contribution is 5.34. The summed E-state index contributed by atoms with van der Waals surface area (Å²) in [5, 5.41) is 8.95. The standard InChI is InChI=1S/C11H14O3/c1-11(10(7-12)14-11)8-3-5-9(13-2)6-4-8/h3-6,10,12H,7H2,1-2H3/t10-,11?/m1/s1. The third-order valence-corrected chi connectivity index (χ3v) is 2.77. The normalized spacial score (nSPS) is 30.1. The summed E-state index contributed by atoms with van der Waals surface area (Å²) in [4.78, 5) is 0. The van der Waals surface area contributed by atoms with Crippen LogP contribution in [0.15, 0.2) is 24.3 Å². The van der Waals surface area contributed by atoms with Gasteiger partial charge in [0.1, 0.15) is 17.5 Å². The quantitative estimate of drug-likeness (QED) is 0.737. The fourth-order valence-electron chi connectivity index (χ4n) is 1.65. The number of benzene rings is 1. The van der Waals surface area contributed by atoms with Crippen LogP contribution in [0.4, 0.5) is 0 Å².